The summed E-state index contributed by atoms with van der Waals surface area (Å²) in [5.74, 6) is -1.53. The second-order valence-corrected chi connectivity index (χ2v) is 9.79. The van der Waals surface area contributed by atoms with Gasteiger partial charge in [-0.15, -0.1) is 0 Å². The molecule has 0 saturated carbocycles. The molecule has 4 fully saturated rings. The first kappa shape index (κ1) is 24.4. The van der Waals surface area contributed by atoms with Gasteiger partial charge in [-0.3, -0.25) is 9.80 Å². The van der Waals surface area contributed by atoms with Crippen molar-refractivity contribution < 1.29 is 30.0 Å². The lowest BCUT2D eigenvalue weighted by atomic mass is 9.66. The molecule has 4 saturated heterocycles. The van der Waals surface area contributed by atoms with Gasteiger partial charge in [-0.2, -0.15) is 0 Å². The zero-order valence-electron chi connectivity index (χ0n) is 18.7. The van der Waals surface area contributed by atoms with Crippen molar-refractivity contribution in [1.29, 1.82) is 0 Å². The van der Waals surface area contributed by atoms with Crippen LogP contribution in [0.4, 0.5) is 0 Å². The summed E-state index contributed by atoms with van der Waals surface area (Å²) in [4.78, 5) is 25.5. The Kier molecular flexibility index (Phi) is 8.73. The second-order valence-electron chi connectivity index (χ2n) is 9.79. The minimum absolute atomic E-state index is 0.928. The molecule has 4 heterocycles. The van der Waals surface area contributed by atoms with E-state index in [2.05, 4.69) is 16.7 Å². The topological polar surface area (TPSA) is 122 Å². The van der Waals surface area contributed by atoms with Gasteiger partial charge in [-0.25, -0.2) is 9.59 Å². The molecule has 0 aromatic heterocycles. The predicted molar refractivity (Wildman–Crippen MR) is 116 cm³/mol. The molecule has 7 atom stereocenters. The highest BCUT2D eigenvalue weighted by molar-refractivity contribution is 5.83. The number of aliphatic hydroxyl groups is 2. The Morgan fingerprint density at radius 3 is 2.16 bits per heavy atom. The number of unbranched alkanes of at least 4 members (excludes halogenated alkanes) is 1. The first-order valence-electron chi connectivity index (χ1n) is 12.2. The molecule has 4 aliphatic rings. The molecule has 0 aromatic carbocycles. The SMILES string of the molecule is CCCCC1C2CC(CN3CCCCC23)C2CCCCN21.O=C(O)[C@H](O)[C@@H](O)C(=O)O. The first-order chi connectivity index (χ1) is 14.8. The van der Waals surface area contributed by atoms with Crippen LogP contribution < -0.4 is 0 Å². The van der Waals surface area contributed by atoms with Crippen molar-refractivity contribution in [3.05, 3.63) is 0 Å². The monoisotopic (exact) mass is 440 g/mol. The van der Waals surface area contributed by atoms with Crippen molar-refractivity contribution >= 4 is 11.9 Å². The van der Waals surface area contributed by atoms with E-state index < -0.39 is 24.1 Å². The van der Waals surface area contributed by atoms with E-state index >= 15 is 0 Å². The van der Waals surface area contributed by atoms with Gasteiger partial charge in [0.1, 0.15) is 0 Å². The highest BCUT2D eigenvalue weighted by Crippen LogP contribution is 2.47. The zero-order chi connectivity index (χ0) is 22.5. The maximum atomic E-state index is 9.77. The van der Waals surface area contributed by atoms with Gasteiger partial charge >= 0.3 is 11.9 Å². The van der Waals surface area contributed by atoms with Gasteiger partial charge in [0.2, 0.25) is 0 Å². The molecule has 8 nitrogen and oxygen atoms in total. The lowest BCUT2D eigenvalue weighted by Crippen LogP contribution is -2.67. The van der Waals surface area contributed by atoms with Crippen LogP contribution >= 0.6 is 0 Å². The highest BCUT2D eigenvalue weighted by Gasteiger charge is 2.50. The van der Waals surface area contributed by atoms with Gasteiger partial charge in [0, 0.05) is 24.7 Å². The molecule has 0 aliphatic carbocycles. The van der Waals surface area contributed by atoms with E-state index in [0.29, 0.717) is 0 Å². The smallest absolute Gasteiger partial charge is 0.335 e. The third-order valence-electron chi connectivity index (χ3n) is 7.92. The summed E-state index contributed by atoms with van der Waals surface area (Å²) in [5, 5.41) is 32.5. The van der Waals surface area contributed by atoms with E-state index in [9.17, 15) is 9.59 Å². The van der Waals surface area contributed by atoms with Crippen molar-refractivity contribution in [3.8, 4) is 0 Å². The van der Waals surface area contributed by atoms with Crippen LogP contribution in [-0.2, 0) is 9.59 Å². The number of rotatable bonds is 6. The van der Waals surface area contributed by atoms with Crippen LogP contribution in [0.5, 0.6) is 0 Å². The number of nitrogens with zero attached hydrogens (tertiary/aromatic N) is 2. The Balaban J connectivity index is 0.000000233. The molecule has 178 valence electrons. The third-order valence-corrected chi connectivity index (χ3v) is 7.92. The molecule has 5 unspecified atom stereocenters. The quantitative estimate of drug-likeness (QED) is 0.493. The van der Waals surface area contributed by atoms with Crippen molar-refractivity contribution in [2.75, 3.05) is 19.6 Å². The summed E-state index contributed by atoms with van der Waals surface area (Å²) < 4.78 is 0. The van der Waals surface area contributed by atoms with Crippen LogP contribution in [0.1, 0.15) is 71.1 Å². The Labute approximate surface area is 185 Å². The molecule has 8 heteroatoms. The normalized spacial score (nSPS) is 35.0. The van der Waals surface area contributed by atoms with Crippen molar-refractivity contribution in [1.82, 2.24) is 9.80 Å². The van der Waals surface area contributed by atoms with E-state index in [0.717, 1.165) is 30.0 Å². The molecule has 0 radical (unpaired) electrons. The molecule has 0 aromatic rings. The van der Waals surface area contributed by atoms with Gasteiger partial charge in [0.05, 0.1) is 0 Å². The number of carboxylic acids is 2. The number of carboxylic acid groups (broad SMARTS) is 2. The van der Waals surface area contributed by atoms with Gasteiger partial charge in [0.25, 0.3) is 0 Å². The molecule has 4 rings (SSSR count). The minimum Gasteiger partial charge on any atom is -0.479 e. The largest absolute Gasteiger partial charge is 0.479 e. The molecule has 2 bridgehead atoms. The number of aliphatic hydroxyl groups excluding tert-OH is 2. The molecule has 4 aliphatic heterocycles. The molecule has 0 spiro atoms. The van der Waals surface area contributed by atoms with E-state index in [1.807, 2.05) is 0 Å². The fourth-order valence-corrected chi connectivity index (χ4v) is 6.51. The van der Waals surface area contributed by atoms with E-state index in [-0.39, 0.29) is 0 Å². The molecule has 4 N–H and O–H groups in total. The summed E-state index contributed by atoms with van der Waals surface area (Å²) in [5.41, 5.74) is 0. The molecular weight excluding hydrogens is 400 g/mol. The maximum absolute atomic E-state index is 9.77. The number of carbonyl (C=O) groups is 2. The van der Waals surface area contributed by atoms with Crippen LogP contribution in [-0.4, -0.2) is 92.1 Å². The van der Waals surface area contributed by atoms with Crippen LogP contribution in [0.25, 0.3) is 0 Å². The molecule has 31 heavy (non-hydrogen) atoms. The highest BCUT2D eigenvalue weighted by atomic mass is 16.4. The lowest BCUT2D eigenvalue weighted by Gasteiger charge is -2.60. The van der Waals surface area contributed by atoms with Crippen LogP contribution in [0.3, 0.4) is 0 Å². The Morgan fingerprint density at radius 2 is 1.55 bits per heavy atom. The van der Waals surface area contributed by atoms with Gasteiger partial charge in [0.15, 0.2) is 12.2 Å². The summed E-state index contributed by atoms with van der Waals surface area (Å²) >= 11 is 0. The number of fused-ring (bicyclic) bond motifs is 6. The fraction of sp³-hybridized carbons (Fsp3) is 0.913. The Hall–Kier alpha value is -1.22. The standard InChI is InChI=1S/C19H34N2.C4H6O6/c1-2-3-8-19-16-13-15(17-9-5-7-12-21(17)19)14-20-11-6-4-10-18(16)20;5-1(3(7)8)2(6)4(9)10/h15-19H,2-14H2,1H3;1-2,5-6H,(H,7,8)(H,9,10)/t;1-,2-/m.1/s1. The Morgan fingerprint density at radius 1 is 0.935 bits per heavy atom. The van der Waals surface area contributed by atoms with E-state index in [4.69, 9.17) is 20.4 Å². The lowest BCUT2D eigenvalue weighted by molar-refractivity contribution is -0.165. The summed E-state index contributed by atoms with van der Waals surface area (Å²) in [6.07, 6.45) is 10.2. The van der Waals surface area contributed by atoms with Gasteiger partial charge < -0.3 is 20.4 Å². The fourth-order valence-electron chi connectivity index (χ4n) is 6.51. The second kappa shape index (κ2) is 11.1. The van der Waals surface area contributed by atoms with Crippen molar-refractivity contribution in [2.24, 2.45) is 11.8 Å². The van der Waals surface area contributed by atoms with E-state index in [1.54, 1.807) is 6.42 Å². The number of aliphatic carboxylic acids is 2. The van der Waals surface area contributed by atoms with Crippen molar-refractivity contribution in [3.63, 3.8) is 0 Å². The van der Waals surface area contributed by atoms with Gasteiger partial charge in [-0.1, -0.05) is 32.6 Å². The number of hydrogen-bond acceptors (Lipinski definition) is 6. The predicted octanol–water partition coefficient (Wildman–Crippen LogP) is 1.78. The van der Waals surface area contributed by atoms with Crippen LogP contribution in [0.2, 0.25) is 0 Å². The van der Waals surface area contributed by atoms with Crippen LogP contribution in [0, 0.1) is 11.8 Å². The molecular formula is C23H40N2O6. The average Bonchev–Trinajstić information content (AvgIpc) is 2.78. The van der Waals surface area contributed by atoms with E-state index in [1.165, 1.54) is 77.4 Å². The third kappa shape index (κ3) is 5.59. The summed E-state index contributed by atoms with van der Waals surface area (Å²) in [7, 11) is 0. The summed E-state index contributed by atoms with van der Waals surface area (Å²) in [6, 6.07) is 2.82. The molecule has 0 amide bonds. The number of piperidine rings is 4. The first-order valence-corrected chi connectivity index (χ1v) is 12.2. The average molecular weight is 441 g/mol. The summed E-state index contributed by atoms with van der Waals surface area (Å²) in [6.45, 7) is 6.62. The Bertz CT molecular complexity index is 597. The zero-order valence-corrected chi connectivity index (χ0v) is 18.7. The van der Waals surface area contributed by atoms with Gasteiger partial charge in [-0.05, 0) is 63.5 Å². The maximum Gasteiger partial charge on any atom is 0.335 e. The number of hydrogen-bond donors (Lipinski definition) is 4. The minimum atomic E-state index is -2.27. The van der Waals surface area contributed by atoms with Crippen LogP contribution in [0.15, 0.2) is 0 Å². The van der Waals surface area contributed by atoms with Crippen molar-refractivity contribution in [2.45, 2.75) is 101 Å².